The first-order chi connectivity index (χ1) is 10.2. The number of methoxy groups -OCH3 is 1. The number of carbonyl (C=O) groups excluding carboxylic acids is 1. The number of hydrogen-bond donors (Lipinski definition) is 0. The number of nitrogens with zero attached hydrogens (tertiary/aromatic N) is 1. The monoisotopic (exact) mass is 311 g/mol. The fraction of sp³-hybridized carbons (Fsp3) is 0.562. The Hall–Kier alpha value is -1.07. The Kier molecular flexibility index (Phi) is 6.51. The van der Waals surface area contributed by atoms with E-state index in [-0.39, 0.29) is 11.8 Å². The third-order valence-corrected chi connectivity index (χ3v) is 4.90. The van der Waals surface area contributed by atoms with Crippen molar-refractivity contribution in [1.82, 2.24) is 4.90 Å². The third-order valence-electron chi connectivity index (χ3n) is 3.87. The van der Waals surface area contributed by atoms with Crippen LogP contribution in [0.3, 0.4) is 0 Å². The summed E-state index contributed by atoms with van der Waals surface area (Å²) >= 11 is 1.50. The van der Waals surface area contributed by atoms with Crippen molar-refractivity contribution in [1.29, 1.82) is 0 Å². The van der Waals surface area contributed by atoms with Gasteiger partial charge in [-0.2, -0.15) is 0 Å². The molecule has 21 heavy (non-hydrogen) atoms. The Bertz CT molecular complexity index is 463. The van der Waals surface area contributed by atoms with Crippen LogP contribution in [0, 0.1) is 5.82 Å². The maximum Gasteiger partial charge on any atom is 0.319 e. The van der Waals surface area contributed by atoms with Crippen LogP contribution in [0.1, 0.15) is 25.7 Å². The van der Waals surface area contributed by atoms with E-state index in [4.69, 9.17) is 4.74 Å². The van der Waals surface area contributed by atoms with Crippen LogP contribution in [-0.4, -0.2) is 42.9 Å². The molecule has 3 nitrogen and oxygen atoms in total. The van der Waals surface area contributed by atoms with E-state index in [1.165, 1.54) is 37.8 Å². The van der Waals surface area contributed by atoms with Gasteiger partial charge in [-0.05, 0) is 25.0 Å². The predicted molar refractivity (Wildman–Crippen MR) is 83.0 cm³/mol. The van der Waals surface area contributed by atoms with Gasteiger partial charge in [-0.1, -0.05) is 25.0 Å². The maximum absolute atomic E-state index is 13.6. The van der Waals surface area contributed by atoms with Gasteiger partial charge in [-0.15, -0.1) is 11.8 Å². The number of halogens is 1. The van der Waals surface area contributed by atoms with Crippen molar-refractivity contribution < 1.29 is 13.9 Å². The molecule has 116 valence electrons. The Morgan fingerprint density at radius 3 is 2.76 bits per heavy atom. The average Bonchev–Trinajstić information content (AvgIpc) is 3.02. The molecule has 0 amide bonds. The van der Waals surface area contributed by atoms with Crippen molar-refractivity contribution in [3.05, 3.63) is 30.1 Å². The molecule has 0 heterocycles. The van der Waals surface area contributed by atoms with Crippen molar-refractivity contribution in [2.45, 2.75) is 36.6 Å². The predicted octanol–water partition coefficient (Wildman–Crippen LogP) is 3.34. The Morgan fingerprint density at radius 2 is 2.10 bits per heavy atom. The van der Waals surface area contributed by atoms with E-state index in [0.29, 0.717) is 17.5 Å². The lowest BCUT2D eigenvalue weighted by atomic mass is 10.2. The smallest absolute Gasteiger partial charge is 0.319 e. The number of rotatable bonds is 7. The minimum absolute atomic E-state index is 0.178. The number of esters is 1. The van der Waals surface area contributed by atoms with Gasteiger partial charge >= 0.3 is 5.97 Å². The standard InChI is InChI=1S/C16H22FNO2S/c1-20-16(19)12-18(13-6-2-3-7-13)10-11-21-15-9-5-4-8-14(15)17/h4-5,8-9,13H,2-3,6-7,10-12H2,1H3. The summed E-state index contributed by atoms with van der Waals surface area (Å²) in [5, 5.41) is 0. The summed E-state index contributed by atoms with van der Waals surface area (Å²) in [7, 11) is 1.42. The molecule has 0 N–H and O–H groups in total. The molecule has 1 aromatic rings. The SMILES string of the molecule is COC(=O)CN(CCSc1ccccc1F)C1CCCC1. The van der Waals surface area contributed by atoms with Crippen LogP contribution in [0.4, 0.5) is 4.39 Å². The molecule has 1 saturated carbocycles. The molecule has 0 aromatic heterocycles. The van der Waals surface area contributed by atoms with Gasteiger partial charge in [-0.3, -0.25) is 9.69 Å². The molecule has 0 bridgehead atoms. The lowest BCUT2D eigenvalue weighted by Gasteiger charge is -2.27. The number of hydrogen-bond acceptors (Lipinski definition) is 4. The van der Waals surface area contributed by atoms with Crippen LogP contribution in [0.15, 0.2) is 29.2 Å². The second-order valence-electron chi connectivity index (χ2n) is 5.26. The molecule has 0 radical (unpaired) electrons. The molecule has 1 aliphatic carbocycles. The van der Waals surface area contributed by atoms with E-state index in [2.05, 4.69) is 4.90 Å². The van der Waals surface area contributed by atoms with Crippen molar-refractivity contribution in [2.24, 2.45) is 0 Å². The second kappa shape index (κ2) is 8.39. The van der Waals surface area contributed by atoms with Gasteiger partial charge in [0.1, 0.15) is 5.82 Å². The van der Waals surface area contributed by atoms with Crippen molar-refractivity contribution >= 4 is 17.7 Å². The minimum Gasteiger partial charge on any atom is -0.468 e. The Labute approximate surface area is 129 Å². The van der Waals surface area contributed by atoms with Crippen LogP contribution in [0.25, 0.3) is 0 Å². The molecule has 0 spiro atoms. The molecule has 0 atom stereocenters. The number of ether oxygens (including phenoxy) is 1. The van der Waals surface area contributed by atoms with Gasteiger partial charge in [-0.25, -0.2) is 4.39 Å². The van der Waals surface area contributed by atoms with Gasteiger partial charge < -0.3 is 4.74 Å². The van der Waals surface area contributed by atoms with Gasteiger partial charge in [0.05, 0.1) is 13.7 Å². The Morgan fingerprint density at radius 1 is 1.38 bits per heavy atom. The fourth-order valence-electron chi connectivity index (χ4n) is 2.73. The largest absolute Gasteiger partial charge is 0.468 e. The third kappa shape index (κ3) is 5.00. The summed E-state index contributed by atoms with van der Waals surface area (Å²) in [4.78, 5) is 14.4. The summed E-state index contributed by atoms with van der Waals surface area (Å²) in [5.74, 6) is 0.398. The highest BCUT2D eigenvalue weighted by Crippen LogP contribution is 2.25. The van der Waals surface area contributed by atoms with Gasteiger partial charge in [0.25, 0.3) is 0 Å². The van der Waals surface area contributed by atoms with Gasteiger partial charge in [0, 0.05) is 23.2 Å². The van der Waals surface area contributed by atoms with E-state index in [0.717, 1.165) is 25.1 Å². The lowest BCUT2D eigenvalue weighted by molar-refractivity contribution is -0.142. The van der Waals surface area contributed by atoms with E-state index in [1.807, 2.05) is 6.07 Å². The quantitative estimate of drug-likeness (QED) is 0.570. The summed E-state index contributed by atoms with van der Waals surface area (Å²) in [5.41, 5.74) is 0. The molecule has 0 aliphatic heterocycles. The highest BCUT2D eigenvalue weighted by atomic mass is 32.2. The van der Waals surface area contributed by atoms with E-state index < -0.39 is 0 Å². The molecule has 5 heteroatoms. The molecule has 0 unspecified atom stereocenters. The average molecular weight is 311 g/mol. The molecule has 1 fully saturated rings. The maximum atomic E-state index is 13.6. The molecule has 2 rings (SSSR count). The van der Waals surface area contributed by atoms with Gasteiger partial charge in [0.15, 0.2) is 0 Å². The van der Waals surface area contributed by atoms with Crippen LogP contribution < -0.4 is 0 Å². The summed E-state index contributed by atoms with van der Waals surface area (Å²) in [6.07, 6.45) is 4.73. The number of thioether (sulfide) groups is 1. The second-order valence-corrected chi connectivity index (χ2v) is 6.40. The Balaban J connectivity index is 1.86. The van der Waals surface area contributed by atoms with Crippen LogP contribution in [0.5, 0.6) is 0 Å². The summed E-state index contributed by atoms with van der Waals surface area (Å²) in [6.45, 7) is 1.11. The molecular weight excluding hydrogens is 289 g/mol. The van der Waals surface area contributed by atoms with Crippen LogP contribution >= 0.6 is 11.8 Å². The van der Waals surface area contributed by atoms with Crippen molar-refractivity contribution in [2.75, 3.05) is 26.0 Å². The highest BCUT2D eigenvalue weighted by Gasteiger charge is 2.24. The fourth-order valence-corrected chi connectivity index (χ4v) is 3.65. The molecular formula is C16H22FNO2S. The molecule has 1 aromatic carbocycles. The normalized spacial score (nSPS) is 15.6. The topological polar surface area (TPSA) is 29.5 Å². The minimum atomic E-state index is -0.196. The zero-order valence-corrected chi connectivity index (χ0v) is 13.2. The van der Waals surface area contributed by atoms with Crippen LogP contribution in [-0.2, 0) is 9.53 Å². The number of benzene rings is 1. The van der Waals surface area contributed by atoms with Crippen molar-refractivity contribution in [3.8, 4) is 0 Å². The van der Waals surface area contributed by atoms with E-state index in [1.54, 1.807) is 12.1 Å². The van der Waals surface area contributed by atoms with Crippen LogP contribution in [0.2, 0.25) is 0 Å². The van der Waals surface area contributed by atoms with E-state index in [9.17, 15) is 9.18 Å². The van der Waals surface area contributed by atoms with Crippen molar-refractivity contribution in [3.63, 3.8) is 0 Å². The van der Waals surface area contributed by atoms with Gasteiger partial charge in [0.2, 0.25) is 0 Å². The highest BCUT2D eigenvalue weighted by molar-refractivity contribution is 7.99. The molecule has 1 aliphatic rings. The first kappa shape index (κ1) is 16.3. The zero-order chi connectivity index (χ0) is 15.1. The summed E-state index contributed by atoms with van der Waals surface area (Å²) < 4.78 is 18.3. The van der Waals surface area contributed by atoms with E-state index >= 15 is 0 Å². The molecule has 0 saturated heterocycles. The number of carbonyl (C=O) groups is 1. The first-order valence-electron chi connectivity index (χ1n) is 7.39. The zero-order valence-electron chi connectivity index (χ0n) is 12.4. The lowest BCUT2D eigenvalue weighted by Crippen LogP contribution is -2.39. The first-order valence-corrected chi connectivity index (χ1v) is 8.37. The summed E-state index contributed by atoms with van der Waals surface area (Å²) in [6, 6.07) is 7.27.